The van der Waals surface area contributed by atoms with E-state index in [0.29, 0.717) is 23.1 Å². The van der Waals surface area contributed by atoms with Gasteiger partial charge in [-0.2, -0.15) is 0 Å². The lowest BCUT2D eigenvalue weighted by Crippen LogP contribution is -2.42. The Labute approximate surface area is 180 Å². The fourth-order valence-electron chi connectivity index (χ4n) is 4.00. The summed E-state index contributed by atoms with van der Waals surface area (Å²) in [4.78, 5) is 29.0. The SMILES string of the molecule is CN1CCN(/C=C2/N=C3CN=C(c4ccccc4)c4cc(Cl)ccc4N3C2=O)CC1. The average molecular weight is 420 g/mol. The number of piperazine rings is 1. The molecule has 7 heteroatoms. The number of fused-ring (bicyclic) bond motifs is 3. The van der Waals surface area contributed by atoms with Crippen LogP contribution in [0, 0.1) is 0 Å². The van der Waals surface area contributed by atoms with Crippen LogP contribution in [0.3, 0.4) is 0 Å². The molecule has 0 aromatic heterocycles. The largest absolute Gasteiger partial charge is 0.373 e. The van der Waals surface area contributed by atoms with Crippen molar-refractivity contribution >= 4 is 34.7 Å². The molecule has 0 N–H and O–H groups in total. The molecule has 0 aliphatic carbocycles. The van der Waals surface area contributed by atoms with Gasteiger partial charge in [0.2, 0.25) is 0 Å². The number of rotatable bonds is 2. The second-order valence-corrected chi connectivity index (χ2v) is 8.15. The van der Waals surface area contributed by atoms with Crippen molar-refractivity contribution in [1.82, 2.24) is 9.80 Å². The highest BCUT2D eigenvalue weighted by Crippen LogP contribution is 2.33. The Hall–Kier alpha value is -2.96. The monoisotopic (exact) mass is 419 g/mol. The molecule has 3 aliphatic rings. The fraction of sp³-hybridized carbons (Fsp3) is 0.261. The first-order chi connectivity index (χ1) is 14.6. The molecule has 3 aliphatic heterocycles. The zero-order chi connectivity index (χ0) is 20.7. The first-order valence-electron chi connectivity index (χ1n) is 10.1. The molecule has 2 aromatic rings. The third kappa shape index (κ3) is 3.42. The number of carbonyl (C=O) groups is 1. The molecular weight excluding hydrogens is 398 g/mol. The number of carbonyl (C=O) groups excluding carboxylic acids is 1. The highest BCUT2D eigenvalue weighted by Gasteiger charge is 2.36. The molecule has 1 fully saturated rings. The molecule has 3 heterocycles. The normalized spacial score (nSPS) is 20.6. The van der Waals surface area contributed by atoms with Gasteiger partial charge in [-0.15, -0.1) is 0 Å². The number of hydrogen-bond donors (Lipinski definition) is 0. The first-order valence-corrected chi connectivity index (χ1v) is 10.4. The standard InChI is InChI=1S/C23H22ClN5O/c1-27-9-11-28(12-10-27)15-19-23(30)29-20-8-7-17(24)13-18(20)22(25-14-21(29)26-19)16-5-3-2-4-6-16/h2-8,13,15H,9-12,14H2,1H3/b19-15+. The van der Waals surface area contributed by atoms with E-state index in [0.717, 1.165) is 48.7 Å². The Bertz CT molecular complexity index is 1080. The minimum absolute atomic E-state index is 0.114. The van der Waals surface area contributed by atoms with Gasteiger partial charge in [-0.1, -0.05) is 41.9 Å². The number of aliphatic imine (C=N–C) groups is 2. The summed E-state index contributed by atoms with van der Waals surface area (Å²) >= 11 is 6.32. The van der Waals surface area contributed by atoms with Crippen LogP contribution in [0.4, 0.5) is 5.69 Å². The molecule has 6 nitrogen and oxygen atoms in total. The lowest BCUT2D eigenvalue weighted by atomic mass is 10.00. The minimum Gasteiger partial charge on any atom is -0.373 e. The Kier molecular flexibility index (Phi) is 4.89. The second kappa shape index (κ2) is 7.70. The lowest BCUT2D eigenvalue weighted by molar-refractivity contribution is -0.114. The maximum absolute atomic E-state index is 13.3. The van der Waals surface area contributed by atoms with E-state index in [1.54, 1.807) is 11.0 Å². The number of nitrogens with zero attached hydrogens (tertiary/aromatic N) is 5. The second-order valence-electron chi connectivity index (χ2n) is 7.71. The Morgan fingerprint density at radius 1 is 1.03 bits per heavy atom. The molecule has 5 rings (SSSR count). The van der Waals surface area contributed by atoms with Gasteiger partial charge in [-0.3, -0.25) is 14.7 Å². The third-order valence-electron chi connectivity index (χ3n) is 5.65. The average Bonchev–Trinajstić information content (AvgIpc) is 2.96. The van der Waals surface area contributed by atoms with Crippen molar-refractivity contribution in [2.45, 2.75) is 0 Å². The number of halogens is 1. The van der Waals surface area contributed by atoms with E-state index in [4.69, 9.17) is 16.6 Å². The van der Waals surface area contributed by atoms with Gasteiger partial charge >= 0.3 is 0 Å². The van der Waals surface area contributed by atoms with Crippen molar-refractivity contribution in [3.05, 3.63) is 76.6 Å². The van der Waals surface area contributed by atoms with Gasteiger partial charge in [0, 0.05) is 48.5 Å². The van der Waals surface area contributed by atoms with Crippen LogP contribution in [0.5, 0.6) is 0 Å². The number of benzene rings is 2. The number of anilines is 1. The van der Waals surface area contributed by atoms with Crippen molar-refractivity contribution in [2.24, 2.45) is 9.98 Å². The van der Waals surface area contributed by atoms with Crippen molar-refractivity contribution in [3.8, 4) is 0 Å². The van der Waals surface area contributed by atoms with Crippen LogP contribution >= 0.6 is 11.6 Å². The van der Waals surface area contributed by atoms with Crippen LogP contribution < -0.4 is 4.90 Å². The number of hydrogen-bond acceptors (Lipinski definition) is 5. The first kappa shape index (κ1) is 19.0. The molecule has 2 aromatic carbocycles. The summed E-state index contributed by atoms with van der Waals surface area (Å²) in [5.74, 6) is 0.534. The molecule has 152 valence electrons. The molecule has 0 unspecified atom stereocenters. The van der Waals surface area contributed by atoms with Gasteiger partial charge in [0.05, 0.1) is 17.9 Å². The number of amidine groups is 1. The van der Waals surface area contributed by atoms with E-state index in [-0.39, 0.29) is 5.91 Å². The predicted octanol–water partition coefficient (Wildman–Crippen LogP) is 3.02. The lowest BCUT2D eigenvalue weighted by Gasteiger charge is -2.31. The molecular formula is C23H22ClN5O. The van der Waals surface area contributed by atoms with Crippen LogP contribution in [0.15, 0.2) is 70.4 Å². The summed E-state index contributed by atoms with van der Waals surface area (Å²) in [7, 11) is 2.11. The van der Waals surface area contributed by atoms with Crippen LogP contribution in [0.2, 0.25) is 5.02 Å². The molecule has 1 saturated heterocycles. The van der Waals surface area contributed by atoms with Crippen LogP contribution in [-0.4, -0.2) is 67.0 Å². The minimum atomic E-state index is -0.114. The summed E-state index contributed by atoms with van der Waals surface area (Å²) in [6.07, 6.45) is 1.90. The van der Waals surface area contributed by atoms with Crippen molar-refractivity contribution < 1.29 is 4.79 Å². The van der Waals surface area contributed by atoms with Crippen molar-refractivity contribution in [3.63, 3.8) is 0 Å². The molecule has 0 bridgehead atoms. The molecule has 0 spiro atoms. The quantitative estimate of drug-likeness (QED) is 0.703. The summed E-state index contributed by atoms with van der Waals surface area (Å²) in [6, 6.07) is 15.5. The predicted molar refractivity (Wildman–Crippen MR) is 120 cm³/mol. The summed E-state index contributed by atoms with van der Waals surface area (Å²) in [5, 5.41) is 0.609. The van der Waals surface area contributed by atoms with Crippen molar-refractivity contribution in [2.75, 3.05) is 44.7 Å². The van der Waals surface area contributed by atoms with Crippen molar-refractivity contribution in [1.29, 1.82) is 0 Å². The number of likely N-dealkylation sites (N-methyl/N-ethyl adjacent to an activating group) is 1. The van der Waals surface area contributed by atoms with E-state index < -0.39 is 0 Å². The molecule has 0 atom stereocenters. The third-order valence-corrected chi connectivity index (χ3v) is 5.89. The molecule has 0 radical (unpaired) electrons. The van der Waals surface area contributed by atoms with E-state index >= 15 is 0 Å². The Balaban J connectivity index is 1.56. The smallest absolute Gasteiger partial charge is 0.284 e. The van der Waals surface area contributed by atoms with E-state index in [1.165, 1.54) is 0 Å². The van der Waals surface area contributed by atoms with Crippen LogP contribution in [-0.2, 0) is 4.79 Å². The Morgan fingerprint density at radius 3 is 2.57 bits per heavy atom. The van der Waals surface area contributed by atoms with Crippen LogP contribution in [0.1, 0.15) is 11.1 Å². The molecule has 30 heavy (non-hydrogen) atoms. The van der Waals surface area contributed by atoms with Gasteiger partial charge in [-0.25, -0.2) is 4.99 Å². The summed E-state index contributed by atoms with van der Waals surface area (Å²) in [6.45, 7) is 4.07. The van der Waals surface area contributed by atoms with Gasteiger partial charge in [0.1, 0.15) is 11.5 Å². The zero-order valence-electron chi connectivity index (χ0n) is 16.8. The van der Waals surface area contributed by atoms with Gasteiger partial charge in [-0.05, 0) is 25.2 Å². The maximum atomic E-state index is 13.3. The summed E-state index contributed by atoms with van der Waals surface area (Å²) < 4.78 is 0. The Morgan fingerprint density at radius 2 is 1.80 bits per heavy atom. The van der Waals surface area contributed by atoms with E-state index in [9.17, 15) is 4.79 Å². The number of amides is 1. The van der Waals surface area contributed by atoms with E-state index in [1.807, 2.05) is 48.7 Å². The zero-order valence-corrected chi connectivity index (χ0v) is 17.5. The molecule has 1 amide bonds. The molecule has 0 saturated carbocycles. The van der Waals surface area contributed by atoms with E-state index in [2.05, 4.69) is 21.8 Å². The summed E-state index contributed by atoms with van der Waals surface area (Å²) in [5.41, 5.74) is 3.89. The van der Waals surface area contributed by atoms with Gasteiger partial charge in [0.25, 0.3) is 5.91 Å². The maximum Gasteiger partial charge on any atom is 0.284 e. The highest BCUT2D eigenvalue weighted by molar-refractivity contribution is 6.34. The fourth-order valence-corrected chi connectivity index (χ4v) is 4.17. The highest BCUT2D eigenvalue weighted by atomic mass is 35.5. The van der Waals surface area contributed by atoms with Crippen LogP contribution in [0.25, 0.3) is 0 Å². The topological polar surface area (TPSA) is 51.5 Å². The van der Waals surface area contributed by atoms with Gasteiger partial charge in [0.15, 0.2) is 0 Å². The van der Waals surface area contributed by atoms with Gasteiger partial charge < -0.3 is 9.80 Å².